The van der Waals surface area contributed by atoms with E-state index in [1.807, 2.05) is 0 Å². The average molecular weight is 669 g/mol. The maximum atomic E-state index is 10.4. The van der Waals surface area contributed by atoms with Gasteiger partial charge in [0.25, 0.3) is 0 Å². The Morgan fingerprint density at radius 1 is 0.271 bits per heavy atom. The molecule has 0 aliphatic heterocycles. The molecule has 0 N–H and O–H groups in total. The number of rotatable bonds is 43. The van der Waals surface area contributed by atoms with Crippen LogP contribution in [0.4, 0.5) is 0 Å². The molecular formula is C45H89LiO2. The summed E-state index contributed by atoms with van der Waals surface area (Å²) in [6.07, 6.45) is 60.0. The van der Waals surface area contributed by atoms with Crippen LogP contribution in [0.1, 0.15) is 283 Å². The van der Waals surface area contributed by atoms with E-state index in [1.54, 1.807) is 0 Å². The second-order valence-electron chi connectivity index (χ2n) is 15.6. The number of aliphatic carboxylic acids is 1. The Kier molecular flexibility index (Phi) is 49.2. The average Bonchev–Trinajstić information content (AvgIpc) is 3.07. The molecule has 0 saturated heterocycles. The Bertz CT molecular complexity index is 565. The van der Waals surface area contributed by atoms with Gasteiger partial charge in [0, 0.05) is 5.97 Å². The van der Waals surface area contributed by atoms with Crippen LogP contribution in [0.25, 0.3) is 0 Å². The van der Waals surface area contributed by atoms with Crippen molar-refractivity contribution in [3.05, 3.63) is 0 Å². The maximum absolute atomic E-state index is 10.4. The van der Waals surface area contributed by atoms with E-state index in [1.165, 1.54) is 257 Å². The van der Waals surface area contributed by atoms with Crippen molar-refractivity contribution in [2.45, 2.75) is 283 Å². The second kappa shape index (κ2) is 47.1. The number of hydrogen-bond acceptors (Lipinski definition) is 2. The van der Waals surface area contributed by atoms with Crippen LogP contribution in [0.15, 0.2) is 0 Å². The molecule has 0 aromatic heterocycles. The van der Waals surface area contributed by atoms with E-state index in [4.69, 9.17) is 0 Å². The minimum atomic E-state index is -0.896. The summed E-state index contributed by atoms with van der Waals surface area (Å²) in [7, 11) is 0. The van der Waals surface area contributed by atoms with Gasteiger partial charge in [0.15, 0.2) is 0 Å². The molecule has 0 fully saturated rings. The minimum absolute atomic E-state index is 0. The molecule has 0 aliphatic carbocycles. The van der Waals surface area contributed by atoms with Crippen molar-refractivity contribution in [2.24, 2.45) is 0 Å². The Balaban J connectivity index is 0. The number of carboxylic acid groups (broad SMARTS) is 1. The van der Waals surface area contributed by atoms with Gasteiger partial charge < -0.3 is 9.90 Å². The molecule has 0 aliphatic rings. The van der Waals surface area contributed by atoms with E-state index in [0.717, 1.165) is 12.8 Å². The van der Waals surface area contributed by atoms with Crippen LogP contribution >= 0.6 is 0 Å². The Morgan fingerprint density at radius 2 is 0.396 bits per heavy atom. The molecule has 0 bridgehead atoms. The first kappa shape index (κ1) is 50.2. The predicted octanol–water partition coefficient (Wildman–Crippen LogP) is 12.5. The SMILES string of the molecule is CCCCCCCCCCCCCCCCCCCCCCCCCCCCCCCCCCCCCCCCCCCCC(=O)[O-].[Li+]. The van der Waals surface area contributed by atoms with Gasteiger partial charge in [0.2, 0.25) is 0 Å². The van der Waals surface area contributed by atoms with Gasteiger partial charge in [-0.1, -0.05) is 270 Å². The molecule has 0 rings (SSSR count). The number of carbonyl (C=O) groups excluding carboxylic acids is 1. The van der Waals surface area contributed by atoms with Gasteiger partial charge in [-0.2, -0.15) is 0 Å². The van der Waals surface area contributed by atoms with Crippen LogP contribution in [-0.4, -0.2) is 5.97 Å². The van der Waals surface area contributed by atoms with Crippen molar-refractivity contribution < 1.29 is 28.8 Å². The maximum Gasteiger partial charge on any atom is 1.00 e. The molecular weight excluding hydrogens is 579 g/mol. The van der Waals surface area contributed by atoms with Crippen LogP contribution in [-0.2, 0) is 4.79 Å². The van der Waals surface area contributed by atoms with Crippen LogP contribution in [0.2, 0.25) is 0 Å². The van der Waals surface area contributed by atoms with Crippen LogP contribution < -0.4 is 24.0 Å². The van der Waals surface area contributed by atoms with Gasteiger partial charge in [-0.3, -0.25) is 0 Å². The van der Waals surface area contributed by atoms with E-state index in [9.17, 15) is 9.90 Å². The summed E-state index contributed by atoms with van der Waals surface area (Å²) in [5, 5.41) is 10.4. The van der Waals surface area contributed by atoms with Crippen LogP contribution in [0.3, 0.4) is 0 Å². The van der Waals surface area contributed by atoms with Crippen molar-refractivity contribution in [1.29, 1.82) is 0 Å². The smallest absolute Gasteiger partial charge is 0.550 e. The van der Waals surface area contributed by atoms with Crippen LogP contribution in [0, 0.1) is 0 Å². The van der Waals surface area contributed by atoms with Crippen molar-refractivity contribution in [2.75, 3.05) is 0 Å². The molecule has 0 spiro atoms. The van der Waals surface area contributed by atoms with Crippen LogP contribution in [0.5, 0.6) is 0 Å². The first-order valence-electron chi connectivity index (χ1n) is 22.5. The zero-order valence-corrected chi connectivity index (χ0v) is 33.7. The summed E-state index contributed by atoms with van der Waals surface area (Å²) in [5.74, 6) is -0.896. The molecule has 2 nitrogen and oxygen atoms in total. The number of unbranched alkanes of at least 4 members (excludes halogenated alkanes) is 41. The summed E-state index contributed by atoms with van der Waals surface area (Å²) in [4.78, 5) is 10.4. The van der Waals surface area contributed by atoms with Crippen molar-refractivity contribution in [3.8, 4) is 0 Å². The van der Waals surface area contributed by atoms with Gasteiger partial charge in [0.05, 0.1) is 0 Å². The summed E-state index contributed by atoms with van der Waals surface area (Å²) in [5.41, 5.74) is 0. The normalized spacial score (nSPS) is 11.3. The number of hydrogen-bond donors (Lipinski definition) is 0. The molecule has 0 aromatic rings. The standard InChI is InChI=1S/C45H90O2.Li/c1-2-3-4-5-6-7-8-9-10-11-12-13-14-15-16-17-18-19-20-21-22-23-24-25-26-27-28-29-30-31-32-33-34-35-36-37-38-39-40-41-42-43-44-45(46)47;/h2-44H2,1H3,(H,46,47);/q;+1/p-1. The van der Waals surface area contributed by atoms with E-state index in [2.05, 4.69) is 6.92 Å². The zero-order valence-electron chi connectivity index (χ0n) is 33.7. The third-order valence-corrected chi connectivity index (χ3v) is 10.7. The quantitative estimate of drug-likeness (QED) is 0.0479. The molecule has 282 valence electrons. The fourth-order valence-corrected chi connectivity index (χ4v) is 7.41. The van der Waals surface area contributed by atoms with Crippen molar-refractivity contribution in [3.63, 3.8) is 0 Å². The predicted molar refractivity (Wildman–Crippen MR) is 209 cm³/mol. The van der Waals surface area contributed by atoms with E-state index >= 15 is 0 Å². The zero-order chi connectivity index (χ0) is 34.0. The fraction of sp³-hybridized carbons (Fsp3) is 0.978. The number of carboxylic acids is 1. The first-order chi connectivity index (χ1) is 23.3. The molecule has 0 radical (unpaired) electrons. The Morgan fingerprint density at radius 3 is 0.521 bits per heavy atom. The Labute approximate surface area is 316 Å². The summed E-state index contributed by atoms with van der Waals surface area (Å²) in [6, 6.07) is 0. The molecule has 0 atom stereocenters. The molecule has 0 saturated carbocycles. The summed E-state index contributed by atoms with van der Waals surface area (Å²) >= 11 is 0. The van der Waals surface area contributed by atoms with Gasteiger partial charge >= 0.3 is 18.9 Å². The van der Waals surface area contributed by atoms with E-state index in [0.29, 0.717) is 0 Å². The topological polar surface area (TPSA) is 40.1 Å². The van der Waals surface area contributed by atoms with E-state index < -0.39 is 5.97 Å². The third kappa shape index (κ3) is 48.2. The molecule has 0 amide bonds. The molecule has 3 heteroatoms. The van der Waals surface area contributed by atoms with Gasteiger partial charge in [-0.25, -0.2) is 0 Å². The van der Waals surface area contributed by atoms with Crippen molar-refractivity contribution in [1.82, 2.24) is 0 Å². The monoisotopic (exact) mass is 669 g/mol. The molecule has 48 heavy (non-hydrogen) atoms. The summed E-state index contributed by atoms with van der Waals surface area (Å²) < 4.78 is 0. The van der Waals surface area contributed by atoms with E-state index in [-0.39, 0.29) is 25.3 Å². The second-order valence-corrected chi connectivity index (χ2v) is 15.6. The molecule has 0 aromatic carbocycles. The molecule has 0 unspecified atom stereocenters. The van der Waals surface area contributed by atoms with Gasteiger partial charge in [-0.15, -0.1) is 0 Å². The fourth-order valence-electron chi connectivity index (χ4n) is 7.41. The minimum Gasteiger partial charge on any atom is -0.550 e. The van der Waals surface area contributed by atoms with Crippen molar-refractivity contribution >= 4 is 5.97 Å². The third-order valence-electron chi connectivity index (χ3n) is 10.7. The molecule has 0 heterocycles. The number of carbonyl (C=O) groups is 1. The first-order valence-corrected chi connectivity index (χ1v) is 22.5. The van der Waals surface area contributed by atoms with Gasteiger partial charge in [0.1, 0.15) is 0 Å². The van der Waals surface area contributed by atoms with Gasteiger partial charge in [-0.05, 0) is 12.8 Å². The largest absolute Gasteiger partial charge is 1.00 e. The Hall–Kier alpha value is 0.0674. The summed E-state index contributed by atoms with van der Waals surface area (Å²) in [6.45, 7) is 2.31.